The average molecular weight is 390 g/mol. The predicted octanol–water partition coefficient (Wildman–Crippen LogP) is 5.27. The van der Waals surface area contributed by atoms with Gasteiger partial charge in [-0.05, 0) is 75.2 Å². The van der Waals surface area contributed by atoms with Crippen LogP contribution in [0.15, 0.2) is 54.6 Å². The first-order chi connectivity index (χ1) is 14.2. The molecule has 1 aromatic heterocycles. The van der Waals surface area contributed by atoms with Crippen LogP contribution in [-0.2, 0) is 0 Å². The van der Waals surface area contributed by atoms with Crippen LogP contribution < -0.4 is 20.3 Å². The number of nitrogens with zero attached hydrogens (tertiary/aromatic N) is 3. The van der Waals surface area contributed by atoms with Crippen molar-refractivity contribution < 1.29 is 4.74 Å². The Bertz CT molecular complexity index is 934. The molecule has 0 aliphatic carbocycles. The molecule has 1 fully saturated rings. The average Bonchev–Trinajstić information content (AvgIpc) is 3.25. The zero-order valence-electron chi connectivity index (χ0n) is 17.0. The predicted molar refractivity (Wildman–Crippen MR) is 119 cm³/mol. The molecule has 1 aliphatic rings. The maximum atomic E-state index is 5.48. The number of benzene rings is 2. The van der Waals surface area contributed by atoms with Crippen LogP contribution in [0, 0.1) is 6.92 Å². The first-order valence-corrected chi connectivity index (χ1v) is 10.2. The molecular weight excluding hydrogens is 362 g/mol. The smallest absolute Gasteiger partial charge is 0.229 e. The Balaban J connectivity index is 1.45. The number of aryl methyl sites for hydroxylation is 1. The fourth-order valence-corrected chi connectivity index (χ4v) is 3.50. The van der Waals surface area contributed by atoms with Gasteiger partial charge < -0.3 is 20.3 Å². The van der Waals surface area contributed by atoms with Gasteiger partial charge >= 0.3 is 0 Å². The van der Waals surface area contributed by atoms with E-state index in [9.17, 15) is 0 Å². The third kappa shape index (κ3) is 4.96. The van der Waals surface area contributed by atoms with Crippen molar-refractivity contribution in [2.45, 2.75) is 26.7 Å². The SMILES string of the molecule is CCOc1ccc(Nc2nc(C)cc(Nc3ccc(N4CCCC4)cc3)n2)cc1. The van der Waals surface area contributed by atoms with Gasteiger partial charge in [0.25, 0.3) is 0 Å². The van der Waals surface area contributed by atoms with Crippen molar-refractivity contribution in [3.8, 4) is 5.75 Å². The summed E-state index contributed by atoms with van der Waals surface area (Å²) in [6.07, 6.45) is 2.56. The van der Waals surface area contributed by atoms with E-state index in [2.05, 4.69) is 49.8 Å². The van der Waals surface area contributed by atoms with Crippen molar-refractivity contribution in [3.05, 3.63) is 60.3 Å². The van der Waals surface area contributed by atoms with Gasteiger partial charge in [0.05, 0.1) is 6.61 Å². The number of ether oxygens (including phenoxy) is 1. The molecule has 0 spiro atoms. The van der Waals surface area contributed by atoms with Crippen molar-refractivity contribution >= 4 is 28.8 Å². The monoisotopic (exact) mass is 389 g/mol. The minimum absolute atomic E-state index is 0.561. The van der Waals surface area contributed by atoms with Crippen LogP contribution >= 0.6 is 0 Å². The van der Waals surface area contributed by atoms with Crippen LogP contribution in [0.25, 0.3) is 0 Å². The fourth-order valence-electron chi connectivity index (χ4n) is 3.50. The minimum Gasteiger partial charge on any atom is -0.494 e. The number of aromatic nitrogens is 2. The lowest BCUT2D eigenvalue weighted by Gasteiger charge is -2.18. The fraction of sp³-hybridized carbons (Fsp3) is 0.304. The Kier molecular flexibility index (Phi) is 5.79. The Morgan fingerprint density at radius 2 is 1.55 bits per heavy atom. The Morgan fingerprint density at radius 1 is 0.897 bits per heavy atom. The van der Waals surface area contributed by atoms with E-state index >= 15 is 0 Å². The number of anilines is 5. The van der Waals surface area contributed by atoms with Gasteiger partial charge in [0, 0.05) is 41.9 Å². The highest BCUT2D eigenvalue weighted by Crippen LogP contribution is 2.25. The van der Waals surface area contributed by atoms with E-state index in [0.29, 0.717) is 12.6 Å². The molecule has 0 bridgehead atoms. The molecular formula is C23H27N5O. The summed E-state index contributed by atoms with van der Waals surface area (Å²) in [6, 6.07) is 18.3. The van der Waals surface area contributed by atoms with Crippen LogP contribution in [-0.4, -0.2) is 29.7 Å². The van der Waals surface area contributed by atoms with Gasteiger partial charge in [0.1, 0.15) is 11.6 Å². The summed E-state index contributed by atoms with van der Waals surface area (Å²) in [5, 5.41) is 6.65. The molecule has 4 rings (SSSR count). The van der Waals surface area contributed by atoms with Crippen molar-refractivity contribution in [2.75, 3.05) is 35.2 Å². The molecule has 0 radical (unpaired) electrons. The lowest BCUT2D eigenvalue weighted by atomic mass is 10.2. The van der Waals surface area contributed by atoms with E-state index in [1.165, 1.54) is 18.5 Å². The summed E-state index contributed by atoms with van der Waals surface area (Å²) in [5.41, 5.74) is 4.10. The highest BCUT2D eigenvalue weighted by molar-refractivity contribution is 5.63. The van der Waals surface area contributed by atoms with Gasteiger partial charge in [0.15, 0.2) is 0 Å². The first-order valence-electron chi connectivity index (χ1n) is 10.2. The molecule has 2 aromatic carbocycles. The molecule has 3 aromatic rings. The second-order valence-electron chi connectivity index (χ2n) is 7.17. The molecule has 0 amide bonds. The van der Waals surface area contributed by atoms with Gasteiger partial charge in [-0.3, -0.25) is 0 Å². The Morgan fingerprint density at radius 3 is 2.24 bits per heavy atom. The standard InChI is InChI=1S/C23H27N5O/c1-3-29-21-12-8-19(9-13-21)26-23-24-17(2)16-22(27-23)25-18-6-10-20(11-7-18)28-14-4-5-15-28/h6-13,16H,3-5,14-15H2,1-2H3,(H2,24,25,26,27). The lowest BCUT2D eigenvalue weighted by Crippen LogP contribution is -2.17. The highest BCUT2D eigenvalue weighted by Gasteiger charge is 2.12. The zero-order chi connectivity index (χ0) is 20.1. The number of hydrogen-bond donors (Lipinski definition) is 2. The Labute approximate surface area is 172 Å². The molecule has 0 atom stereocenters. The van der Waals surface area contributed by atoms with E-state index < -0.39 is 0 Å². The summed E-state index contributed by atoms with van der Waals surface area (Å²) in [5.74, 6) is 2.17. The zero-order valence-corrected chi connectivity index (χ0v) is 17.0. The van der Waals surface area contributed by atoms with Crippen LogP contribution in [0.5, 0.6) is 5.75 Å². The number of nitrogens with one attached hydrogen (secondary N) is 2. The summed E-state index contributed by atoms with van der Waals surface area (Å²) in [4.78, 5) is 11.5. The van der Waals surface area contributed by atoms with Gasteiger partial charge in [-0.25, -0.2) is 4.98 Å². The molecule has 2 heterocycles. The summed E-state index contributed by atoms with van der Waals surface area (Å²) in [6.45, 7) is 6.90. The largest absolute Gasteiger partial charge is 0.494 e. The molecule has 1 saturated heterocycles. The van der Waals surface area contributed by atoms with Crippen LogP contribution in [0.4, 0.5) is 28.8 Å². The maximum absolute atomic E-state index is 5.48. The molecule has 0 saturated carbocycles. The first kappa shape index (κ1) is 19.1. The molecule has 150 valence electrons. The van der Waals surface area contributed by atoms with E-state index in [1.807, 2.05) is 44.2 Å². The topological polar surface area (TPSA) is 62.3 Å². The van der Waals surface area contributed by atoms with E-state index in [4.69, 9.17) is 4.74 Å². The van der Waals surface area contributed by atoms with Crippen LogP contribution in [0.1, 0.15) is 25.5 Å². The van der Waals surface area contributed by atoms with Crippen molar-refractivity contribution in [3.63, 3.8) is 0 Å². The molecule has 0 unspecified atom stereocenters. The van der Waals surface area contributed by atoms with Crippen molar-refractivity contribution in [1.82, 2.24) is 9.97 Å². The van der Waals surface area contributed by atoms with Crippen LogP contribution in [0.3, 0.4) is 0 Å². The molecule has 29 heavy (non-hydrogen) atoms. The van der Waals surface area contributed by atoms with Crippen LogP contribution in [0.2, 0.25) is 0 Å². The summed E-state index contributed by atoms with van der Waals surface area (Å²) >= 11 is 0. The number of rotatable bonds is 7. The minimum atomic E-state index is 0.561. The van der Waals surface area contributed by atoms with Gasteiger partial charge in [-0.2, -0.15) is 4.98 Å². The van der Waals surface area contributed by atoms with E-state index in [-0.39, 0.29) is 0 Å². The molecule has 2 N–H and O–H groups in total. The third-order valence-corrected chi connectivity index (χ3v) is 4.89. The lowest BCUT2D eigenvalue weighted by molar-refractivity contribution is 0.340. The maximum Gasteiger partial charge on any atom is 0.229 e. The number of hydrogen-bond acceptors (Lipinski definition) is 6. The molecule has 6 heteroatoms. The molecule has 6 nitrogen and oxygen atoms in total. The van der Waals surface area contributed by atoms with Gasteiger partial charge in [-0.15, -0.1) is 0 Å². The van der Waals surface area contributed by atoms with Crippen molar-refractivity contribution in [2.24, 2.45) is 0 Å². The Hall–Kier alpha value is -3.28. The van der Waals surface area contributed by atoms with Crippen molar-refractivity contribution in [1.29, 1.82) is 0 Å². The van der Waals surface area contributed by atoms with E-state index in [1.54, 1.807) is 0 Å². The second kappa shape index (κ2) is 8.82. The molecule has 1 aliphatic heterocycles. The third-order valence-electron chi connectivity index (χ3n) is 4.89. The van der Waals surface area contributed by atoms with Gasteiger partial charge in [-0.1, -0.05) is 0 Å². The van der Waals surface area contributed by atoms with E-state index in [0.717, 1.165) is 41.7 Å². The normalized spacial score (nSPS) is 13.4. The summed E-state index contributed by atoms with van der Waals surface area (Å²) < 4.78 is 5.48. The summed E-state index contributed by atoms with van der Waals surface area (Å²) in [7, 11) is 0. The van der Waals surface area contributed by atoms with Gasteiger partial charge in [0.2, 0.25) is 5.95 Å². The highest BCUT2D eigenvalue weighted by atomic mass is 16.5. The quantitative estimate of drug-likeness (QED) is 0.574. The second-order valence-corrected chi connectivity index (χ2v) is 7.17.